The fourth-order valence-electron chi connectivity index (χ4n) is 10.4. The number of urea groups is 2. The van der Waals surface area contributed by atoms with Crippen molar-refractivity contribution < 1.29 is 45.9 Å². The van der Waals surface area contributed by atoms with Crippen LogP contribution in [0, 0.1) is 27.7 Å². The van der Waals surface area contributed by atoms with E-state index >= 15 is 0 Å². The second-order valence-corrected chi connectivity index (χ2v) is 24.8. The Morgan fingerprint density at radius 2 is 0.910 bits per heavy atom. The Balaban J connectivity index is 0.000000287. The van der Waals surface area contributed by atoms with E-state index in [0.717, 1.165) is 130 Å². The highest BCUT2D eigenvalue weighted by molar-refractivity contribution is 7.92. The molecule has 0 saturated carbocycles. The smallest absolute Gasteiger partial charge is 0.318 e. The third kappa shape index (κ3) is 17.1. The summed E-state index contributed by atoms with van der Waals surface area (Å²) >= 11 is 0. The third-order valence-electron chi connectivity index (χ3n) is 15.3. The molecule has 78 heavy (non-hydrogen) atoms. The first-order valence-electron chi connectivity index (χ1n) is 27.5. The molecule has 6 amide bonds. The predicted molar refractivity (Wildman–Crippen MR) is 309 cm³/mol. The topological polar surface area (TPSA) is 288 Å². The summed E-state index contributed by atoms with van der Waals surface area (Å²) in [5, 5.41) is 17.1. The van der Waals surface area contributed by atoms with E-state index in [1.54, 1.807) is 50.5 Å². The van der Waals surface area contributed by atoms with Crippen LogP contribution in [0.4, 0.5) is 21.0 Å². The zero-order valence-electron chi connectivity index (χ0n) is 46.6. The molecule has 0 radical (unpaired) electrons. The molecule has 4 aliphatic heterocycles. The molecule has 22 heteroatoms. The largest absolute Gasteiger partial charge is 0.396 e. The fourth-order valence-corrected chi connectivity index (χ4v) is 12.7. The molecule has 2 aromatic rings. The van der Waals surface area contributed by atoms with Gasteiger partial charge in [-0.3, -0.25) is 29.4 Å². The van der Waals surface area contributed by atoms with Crippen molar-refractivity contribution >= 4 is 85.4 Å². The quantitative estimate of drug-likeness (QED) is 0.0460. The van der Waals surface area contributed by atoms with Gasteiger partial charge in [-0.05, 0) is 149 Å². The number of amides is 6. The first-order valence-corrected chi connectivity index (χ1v) is 30.5. The number of hydrogen-bond acceptors (Lipinski definition) is 12. The third-order valence-corrected chi connectivity index (χ3v) is 18.5. The van der Waals surface area contributed by atoms with E-state index in [1.807, 2.05) is 27.7 Å². The number of aliphatic hydroxyl groups excluding tert-OH is 1. The van der Waals surface area contributed by atoms with Gasteiger partial charge < -0.3 is 32.0 Å². The number of amidine groups is 2. The first-order chi connectivity index (χ1) is 37.0. The number of aliphatic hydroxyl groups is 1. The van der Waals surface area contributed by atoms with E-state index in [-0.39, 0.29) is 44.6 Å². The molecule has 2 spiro atoms. The molecule has 0 atom stereocenters. The van der Waals surface area contributed by atoms with Crippen LogP contribution in [0.3, 0.4) is 0 Å². The minimum Gasteiger partial charge on any atom is -0.396 e. The molecule has 2 fully saturated rings. The lowest BCUT2D eigenvalue weighted by Gasteiger charge is -2.34. The number of carbonyl (C=O) groups is 5. The second kappa shape index (κ2) is 28.9. The minimum atomic E-state index is -3.69. The molecule has 0 aliphatic carbocycles. The molecule has 4 heterocycles. The van der Waals surface area contributed by atoms with Crippen molar-refractivity contribution in [2.45, 2.75) is 167 Å². The second-order valence-electron chi connectivity index (χ2n) is 21.1. The summed E-state index contributed by atoms with van der Waals surface area (Å²) in [7, 11) is -4.21. The lowest BCUT2D eigenvalue weighted by Crippen LogP contribution is -2.50. The van der Waals surface area contributed by atoms with E-state index in [4.69, 9.17) is 26.6 Å². The monoisotopic (exact) mass is 1120 g/mol. The predicted octanol–water partition coefficient (Wildman–Crippen LogP) is 7.40. The van der Waals surface area contributed by atoms with Crippen molar-refractivity contribution in [2.24, 2.45) is 21.5 Å². The van der Waals surface area contributed by atoms with Gasteiger partial charge >= 0.3 is 12.1 Å². The Bertz CT molecular complexity index is 2770. The Kier molecular flexibility index (Phi) is 23.3. The van der Waals surface area contributed by atoms with Crippen molar-refractivity contribution in [1.82, 2.24) is 19.2 Å². The number of hydrogen-bond donors (Lipinski definition) is 5. The van der Waals surface area contributed by atoms with Gasteiger partial charge in [-0.1, -0.05) is 57.8 Å². The van der Waals surface area contributed by atoms with Gasteiger partial charge in [0.1, 0.15) is 29.0 Å². The number of unbranched alkanes of at least 4 members (excludes halogenated alkanes) is 12. The number of aldehydes is 1. The zero-order valence-corrected chi connectivity index (χ0v) is 48.3. The highest BCUT2D eigenvalue weighted by Crippen LogP contribution is 2.35. The molecule has 0 unspecified atom stereocenters. The summed E-state index contributed by atoms with van der Waals surface area (Å²) < 4.78 is 55.2. The van der Waals surface area contributed by atoms with Gasteiger partial charge in [-0.25, -0.2) is 26.4 Å². The van der Waals surface area contributed by atoms with Crippen LogP contribution in [0.1, 0.15) is 162 Å². The summed E-state index contributed by atoms with van der Waals surface area (Å²) in [6.07, 6.45) is 21.2. The zero-order chi connectivity index (χ0) is 57.3. The lowest BCUT2D eigenvalue weighted by atomic mass is 9.89. The van der Waals surface area contributed by atoms with Crippen LogP contribution in [0.25, 0.3) is 12.2 Å². The fraction of sp³-hybridized carbons (Fsp3) is 0.589. The molecule has 4 aliphatic rings. The van der Waals surface area contributed by atoms with E-state index in [1.165, 1.54) is 29.2 Å². The molecule has 0 bridgehead atoms. The van der Waals surface area contributed by atoms with Gasteiger partial charge in [0, 0.05) is 88.3 Å². The maximum absolute atomic E-state index is 13.1. The van der Waals surface area contributed by atoms with Gasteiger partial charge in [-0.15, -0.1) is 0 Å². The lowest BCUT2D eigenvalue weighted by molar-refractivity contribution is -0.125. The summed E-state index contributed by atoms with van der Waals surface area (Å²) in [5.74, 6) is 1.16. The van der Waals surface area contributed by atoms with Crippen LogP contribution in [0.15, 0.2) is 45.1 Å². The Hall–Kier alpha value is -5.81. The van der Waals surface area contributed by atoms with Gasteiger partial charge in [0.05, 0.1) is 0 Å². The van der Waals surface area contributed by atoms with E-state index < -0.39 is 43.2 Å². The van der Waals surface area contributed by atoms with E-state index in [0.29, 0.717) is 61.6 Å². The molecule has 2 saturated heterocycles. The summed E-state index contributed by atoms with van der Waals surface area (Å²) in [4.78, 5) is 71.1. The number of piperidine rings is 2. The molecule has 430 valence electrons. The minimum absolute atomic E-state index is 0.124. The molecule has 2 aromatic carbocycles. The summed E-state index contributed by atoms with van der Waals surface area (Å²) in [6.45, 7) is 8.57. The van der Waals surface area contributed by atoms with Crippen LogP contribution in [0.2, 0.25) is 0 Å². The number of carbonyl (C=O) groups excluding carboxylic acids is 5. The molecular formula is C56H84N10O10S2. The van der Waals surface area contributed by atoms with Crippen LogP contribution in [-0.4, -0.2) is 130 Å². The number of primary amides is 2. The van der Waals surface area contributed by atoms with Crippen molar-refractivity contribution in [3.8, 4) is 0 Å². The number of nitrogens with one attached hydrogen (secondary N) is 2. The average molecular weight is 1120 g/mol. The molecule has 6 rings (SSSR count). The van der Waals surface area contributed by atoms with Crippen LogP contribution in [-0.2, 0) is 34.4 Å². The van der Waals surface area contributed by atoms with Crippen LogP contribution in [0.5, 0.6) is 0 Å². The van der Waals surface area contributed by atoms with Gasteiger partial charge in [0.2, 0.25) is 20.0 Å². The summed E-state index contributed by atoms with van der Waals surface area (Å²) in [5.41, 5.74) is 15.1. The highest BCUT2D eigenvalue weighted by Gasteiger charge is 2.48. The summed E-state index contributed by atoms with van der Waals surface area (Å²) in [6, 6.07) is 6.02. The van der Waals surface area contributed by atoms with E-state index in [9.17, 15) is 40.8 Å². The number of sulfonamides is 2. The van der Waals surface area contributed by atoms with Crippen LogP contribution >= 0.6 is 0 Å². The molecule has 7 N–H and O–H groups in total. The Morgan fingerprint density at radius 1 is 0.590 bits per heavy atom. The van der Waals surface area contributed by atoms with Gasteiger partial charge in [0.25, 0.3) is 11.8 Å². The molecule has 0 aromatic heterocycles. The number of nitrogens with zero attached hydrogens (tertiary/aromatic N) is 6. The number of rotatable bonds is 26. The maximum atomic E-state index is 13.1. The van der Waals surface area contributed by atoms with Crippen molar-refractivity contribution in [1.29, 1.82) is 0 Å². The van der Waals surface area contributed by atoms with Gasteiger partial charge in [-0.2, -0.15) is 8.61 Å². The standard InChI is InChI=1S/C28H43N5O5S.C28H41N5O5S/c2*1-21-19-23(32(3)27(29)36)20-22(2)24(21)12-18-39(37,38)33-15-13-28(14-16-33)26(35)30-25(31-28)11-9-7-5-4-6-8-10-17-34/h12,18-20,34H,4-11,13-17H2,1-3H3,(H2,29,36)(H,30,31,35);12,17-20H,4-11,13-16H2,1-3H3,(H2,29,36)(H,30,31,35)/b2*18-12+. The number of nitrogens with two attached hydrogens (primary N) is 2. The molecular weight excluding hydrogens is 1040 g/mol. The van der Waals surface area contributed by atoms with Crippen molar-refractivity contribution in [3.63, 3.8) is 0 Å². The van der Waals surface area contributed by atoms with Crippen molar-refractivity contribution in [2.75, 3.05) is 56.7 Å². The van der Waals surface area contributed by atoms with E-state index in [2.05, 4.69) is 10.6 Å². The SMILES string of the molecule is Cc1cc(N(C)C(N)=O)cc(C)c1/C=C/S(=O)(=O)N1CCC2(CC1)N=C(CCCCCCCCC=O)NC2=O.Cc1cc(N(C)C(N)=O)cc(C)c1/C=C/S(=O)(=O)N1CCC2(CC1)N=C(CCCCCCCCCO)NC2=O. The maximum Gasteiger partial charge on any atom is 0.318 e. The first kappa shape index (κ1) is 63.0. The van der Waals surface area contributed by atoms with Crippen molar-refractivity contribution in [3.05, 3.63) is 68.5 Å². The molecule has 20 nitrogen and oxygen atoms in total. The average Bonchev–Trinajstić information content (AvgIpc) is 3.93. The number of aryl methyl sites for hydroxylation is 4. The van der Waals surface area contributed by atoms with Crippen LogP contribution < -0.4 is 31.9 Å². The number of benzene rings is 2. The van der Waals surface area contributed by atoms with Gasteiger partial charge in [0.15, 0.2) is 0 Å². The Morgan fingerprint density at radius 3 is 1.23 bits per heavy atom. The number of anilines is 2. The Labute approximate surface area is 462 Å². The normalized spacial score (nSPS) is 17.5. The number of aliphatic imine (C=N–C) groups is 2. The highest BCUT2D eigenvalue weighted by atomic mass is 32.2.